The number of sulfonamides is 1. The summed E-state index contributed by atoms with van der Waals surface area (Å²) in [5, 5.41) is 0. The van der Waals surface area contributed by atoms with E-state index < -0.39 is 10.0 Å². The molecule has 0 saturated heterocycles. The average molecular weight is 255 g/mol. The van der Waals surface area contributed by atoms with Crippen molar-refractivity contribution < 1.29 is 8.42 Å². The van der Waals surface area contributed by atoms with Gasteiger partial charge in [0.2, 0.25) is 10.0 Å². The number of rotatable bonds is 4. The number of hydrogen-bond donors (Lipinski definition) is 2. The van der Waals surface area contributed by atoms with Gasteiger partial charge in [-0.25, -0.2) is 18.1 Å². The van der Waals surface area contributed by atoms with Crippen LogP contribution in [0.25, 0.3) is 0 Å². The summed E-state index contributed by atoms with van der Waals surface area (Å²) in [5.74, 6) is 0.742. The molecule has 1 fully saturated rings. The lowest BCUT2D eigenvalue weighted by Gasteiger charge is -2.07. The van der Waals surface area contributed by atoms with E-state index in [4.69, 9.17) is 5.73 Å². The molecule has 1 unspecified atom stereocenters. The van der Waals surface area contributed by atoms with Crippen LogP contribution < -0.4 is 10.5 Å². The number of aromatic nitrogens is 1. The standard InChI is InChI=1S/C11H17N3O2S/c1-11(2)5-8(11)6-14-17(15,16)9-3-4-10(12)13-7-9/h3-4,7-8,14H,5-6H2,1-2H3,(H2,12,13). The van der Waals surface area contributed by atoms with Crippen LogP contribution in [-0.4, -0.2) is 19.9 Å². The van der Waals surface area contributed by atoms with Crippen LogP contribution in [0.5, 0.6) is 0 Å². The fourth-order valence-electron chi connectivity index (χ4n) is 1.77. The second-order valence-electron chi connectivity index (χ2n) is 5.16. The molecule has 1 saturated carbocycles. The highest BCUT2D eigenvalue weighted by Gasteiger charge is 2.45. The molecule has 0 radical (unpaired) electrons. The monoisotopic (exact) mass is 255 g/mol. The van der Waals surface area contributed by atoms with E-state index in [9.17, 15) is 8.42 Å². The number of nitrogens with zero attached hydrogens (tertiary/aromatic N) is 1. The fraction of sp³-hybridized carbons (Fsp3) is 0.545. The lowest BCUT2D eigenvalue weighted by Crippen LogP contribution is -2.27. The minimum Gasteiger partial charge on any atom is -0.384 e. The van der Waals surface area contributed by atoms with Crippen LogP contribution in [0.15, 0.2) is 23.2 Å². The maximum absolute atomic E-state index is 11.9. The van der Waals surface area contributed by atoms with Gasteiger partial charge in [0, 0.05) is 12.7 Å². The van der Waals surface area contributed by atoms with Crippen molar-refractivity contribution in [3.05, 3.63) is 18.3 Å². The molecule has 1 aliphatic carbocycles. The molecule has 6 heteroatoms. The molecule has 0 bridgehead atoms. The van der Waals surface area contributed by atoms with Gasteiger partial charge in [-0.05, 0) is 29.9 Å². The third kappa shape index (κ3) is 2.76. The van der Waals surface area contributed by atoms with Crippen molar-refractivity contribution in [2.45, 2.75) is 25.2 Å². The topological polar surface area (TPSA) is 85.1 Å². The van der Waals surface area contributed by atoms with Gasteiger partial charge in [-0.15, -0.1) is 0 Å². The number of nitrogens with two attached hydrogens (primary N) is 1. The average Bonchev–Trinajstić information content (AvgIpc) is 2.85. The Morgan fingerprint density at radius 1 is 1.53 bits per heavy atom. The number of nitrogen functional groups attached to an aromatic ring is 1. The lowest BCUT2D eigenvalue weighted by atomic mass is 10.1. The first-order valence-corrected chi connectivity index (χ1v) is 7.01. The van der Waals surface area contributed by atoms with Gasteiger partial charge in [-0.3, -0.25) is 0 Å². The number of pyridine rings is 1. The minimum absolute atomic E-state index is 0.158. The largest absolute Gasteiger partial charge is 0.384 e. The van der Waals surface area contributed by atoms with E-state index in [0.29, 0.717) is 18.3 Å². The summed E-state index contributed by atoms with van der Waals surface area (Å²) < 4.78 is 26.4. The van der Waals surface area contributed by atoms with Crippen molar-refractivity contribution in [1.82, 2.24) is 9.71 Å². The molecule has 17 heavy (non-hydrogen) atoms. The summed E-state index contributed by atoms with van der Waals surface area (Å²) in [5.41, 5.74) is 5.68. The van der Waals surface area contributed by atoms with Crippen LogP contribution >= 0.6 is 0 Å². The molecule has 0 aliphatic heterocycles. The van der Waals surface area contributed by atoms with Crippen LogP contribution in [0.4, 0.5) is 5.82 Å². The Balaban J connectivity index is 2.02. The van der Waals surface area contributed by atoms with Gasteiger partial charge in [-0.2, -0.15) is 0 Å². The van der Waals surface area contributed by atoms with E-state index in [1.165, 1.54) is 18.3 Å². The van der Waals surface area contributed by atoms with Gasteiger partial charge >= 0.3 is 0 Å². The van der Waals surface area contributed by atoms with Crippen molar-refractivity contribution in [1.29, 1.82) is 0 Å². The predicted octanol–water partition coefficient (Wildman–Crippen LogP) is 0.988. The van der Waals surface area contributed by atoms with Gasteiger partial charge in [-0.1, -0.05) is 13.8 Å². The first kappa shape index (κ1) is 12.3. The van der Waals surface area contributed by atoms with Crippen LogP contribution in [0, 0.1) is 11.3 Å². The molecule has 1 aromatic rings. The van der Waals surface area contributed by atoms with Crippen molar-refractivity contribution in [2.75, 3.05) is 12.3 Å². The molecule has 1 aliphatic rings. The normalized spacial score (nSPS) is 22.4. The lowest BCUT2D eigenvalue weighted by molar-refractivity contribution is 0.537. The zero-order valence-electron chi connectivity index (χ0n) is 9.97. The van der Waals surface area contributed by atoms with Crippen LogP contribution in [0.3, 0.4) is 0 Å². The van der Waals surface area contributed by atoms with Gasteiger partial charge < -0.3 is 5.73 Å². The molecule has 0 aromatic carbocycles. The first-order chi connectivity index (χ1) is 7.81. The second-order valence-corrected chi connectivity index (χ2v) is 6.93. The van der Waals surface area contributed by atoms with E-state index in [1.54, 1.807) is 0 Å². The van der Waals surface area contributed by atoms with Gasteiger partial charge in [0.1, 0.15) is 10.7 Å². The molecule has 3 N–H and O–H groups in total. The molecule has 1 aromatic heterocycles. The Hall–Kier alpha value is -1.14. The van der Waals surface area contributed by atoms with Crippen LogP contribution in [0.1, 0.15) is 20.3 Å². The summed E-state index contributed by atoms with van der Waals surface area (Å²) in [6.45, 7) is 4.76. The number of hydrogen-bond acceptors (Lipinski definition) is 4. The molecule has 1 heterocycles. The van der Waals surface area contributed by atoms with E-state index in [-0.39, 0.29) is 10.3 Å². The van der Waals surface area contributed by atoms with E-state index in [2.05, 4.69) is 23.6 Å². The summed E-state index contributed by atoms with van der Waals surface area (Å²) in [6.07, 6.45) is 2.34. The fourth-order valence-corrected chi connectivity index (χ4v) is 2.79. The van der Waals surface area contributed by atoms with Crippen molar-refractivity contribution in [2.24, 2.45) is 11.3 Å². The third-order valence-electron chi connectivity index (χ3n) is 3.31. The van der Waals surface area contributed by atoms with Crippen LogP contribution in [0.2, 0.25) is 0 Å². The number of anilines is 1. The first-order valence-electron chi connectivity index (χ1n) is 5.52. The van der Waals surface area contributed by atoms with Crippen molar-refractivity contribution >= 4 is 15.8 Å². The Bertz CT molecular complexity index is 508. The Morgan fingerprint density at radius 2 is 2.18 bits per heavy atom. The summed E-state index contributed by atoms with van der Waals surface area (Å²) in [7, 11) is -3.45. The number of nitrogens with one attached hydrogen (secondary N) is 1. The van der Waals surface area contributed by atoms with E-state index >= 15 is 0 Å². The van der Waals surface area contributed by atoms with Crippen molar-refractivity contribution in [3.63, 3.8) is 0 Å². The SMILES string of the molecule is CC1(C)CC1CNS(=O)(=O)c1ccc(N)nc1. The van der Waals surface area contributed by atoms with Gasteiger partial charge in [0.15, 0.2) is 0 Å². The molecule has 1 atom stereocenters. The quantitative estimate of drug-likeness (QED) is 0.840. The zero-order chi connectivity index (χ0) is 12.7. The zero-order valence-corrected chi connectivity index (χ0v) is 10.8. The second kappa shape index (κ2) is 3.96. The molecule has 2 rings (SSSR count). The maximum Gasteiger partial charge on any atom is 0.242 e. The highest BCUT2D eigenvalue weighted by atomic mass is 32.2. The highest BCUT2D eigenvalue weighted by Crippen LogP contribution is 2.51. The minimum atomic E-state index is -3.45. The van der Waals surface area contributed by atoms with Gasteiger partial charge in [0.25, 0.3) is 0 Å². The Morgan fingerprint density at radius 3 is 2.65 bits per heavy atom. The molecule has 0 amide bonds. The molecule has 0 spiro atoms. The van der Waals surface area contributed by atoms with E-state index in [1.807, 2.05) is 0 Å². The molecular weight excluding hydrogens is 238 g/mol. The predicted molar refractivity (Wildman–Crippen MR) is 65.7 cm³/mol. The van der Waals surface area contributed by atoms with Crippen LogP contribution in [-0.2, 0) is 10.0 Å². The third-order valence-corrected chi connectivity index (χ3v) is 4.72. The van der Waals surface area contributed by atoms with E-state index in [0.717, 1.165) is 6.42 Å². The smallest absolute Gasteiger partial charge is 0.242 e. The molecular formula is C11H17N3O2S. The summed E-state index contributed by atoms with van der Waals surface area (Å²) in [6, 6.07) is 2.94. The Kier molecular flexibility index (Phi) is 2.87. The highest BCUT2D eigenvalue weighted by molar-refractivity contribution is 7.89. The summed E-state index contributed by atoms with van der Waals surface area (Å²) >= 11 is 0. The van der Waals surface area contributed by atoms with Gasteiger partial charge in [0.05, 0.1) is 0 Å². The van der Waals surface area contributed by atoms with Crippen molar-refractivity contribution in [3.8, 4) is 0 Å². The Labute approximate surface area is 101 Å². The maximum atomic E-state index is 11.9. The molecule has 5 nitrogen and oxygen atoms in total. The molecule has 94 valence electrons. The summed E-state index contributed by atoms with van der Waals surface area (Å²) in [4.78, 5) is 3.93.